The van der Waals surface area contributed by atoms with Crippen molar-refractivity contribution in [2.24, 2.45) is 0 Å². The monoisotopic (exact) mass is 189 g/mol. The molecule has 0 aliphatic heterocycles. The highest BCUT2D eigenvalue weighted by Gasteiger charge is 2.18. The Balaban J connectivity index is 2.98. The number of aromatic nitrogens is 1. The van der Waals surface area contributed by atoms with Gasteiger partial charge in [-0.3, -0.25) is 0 Å². The van der Waals surface area contributed by atoms with Crippen molar-refractivity contribution in [3.8, 4) is 12.1 Å². The highest BCUT2D eigenvalue weighted by molar-refractivity contribution is 5.23. The molecule has 0 bridgehead atoms. The molecule has 0 aliphatic rings. The molecule has 5 heteroatoms. The average molecular weight is 189 g/mol. The van der Waals surface area contributed by atoms with Gasteiger partial charge in [0.2, 0.25) is 0 Å². The Hall–Kier alpha value is -1.95. The molecular weight excluding hydrogens is 182 g/mol. The van der Waals surface area contributed by atoms with E-state index in [9.17, 15) is 5.11 Å². The molecule has 2 atom stereocenters. The highest BCUT2D eigenvalue weighted by Crippen LogP contribution is 2.14. The van der Waals surface area contributed by atoms with E-state index in [4.69, 9.17) is 15.6 Å². The van der Waals surface area contributed by atoms with E-state index in [1.165, 1.54) is 24.3 Å². The van der Waals surface area contributed by atoms with Gasteiger partial charge in [-0.05, 0) is 12.1 Å². The van der Waals surface area contributed by atoms with E-state index in [2.05, 4.69) is 4.98 Å². The van der Waals surface area contributed by atoms with Gasteiger partial charge < -0.3 is 10.2 Å². The third-order valence-corrected chi connectivity index (χ3v) is 1.62. The number of pyridine rings is 1. The smallest absolute Gasteiger partial charge is 0.171 e. The molecule has 2 unspecified atom stereocenters. The van der Waals surface area contributed by atoms with Crippen molar-refractivity contribution in [1.82, 2.24) is 4.98 Å². The maximum atomic E-state index is 9.36. The number of nitrogens with zero attached hydrogens (tertiary/aromatic N) is 3. The number of hydrogen-bond donors (Lipinski definition) is 2. The van der Waals surface area contributed by atoms with E-state index in [0.717, 1.165) is 0 Å². The van der Waals surface area contributed by atoms with Gasteiger partial charge in [0, 0.05) is 0 Å². The maximum absolute atomic E-state index is 9.36. The van der Waals surface area contributed by atoms with Crippen molar-refractivity contribution in [2.75, 3.05) is 0 Å². The van der Waals surface area contributed by atoms with E-state index < -0.39 is 12.2 Å². The zero-order chi connectivity index (χ0) is 10.6. The molecule has 0 saturated carbocycles. The van der Waals surface area contributed by atoms with Crippen LogP contribution in [0.5, 0.6) is 0 Å². The summed E-state index contributed by atoms with van der Waals surface area (Å²) in [4.78, 5) is 3.74. The van der Waals surface area contributed by atoms with Crippen molar-refractivity contribution in [3.63, 3.8) is 0 Å². The number of aliphatic hydroxyl groups is 2. The van der Waals surface area contributed by atoms with Crippen LogP contribution in [0.2, 0.25) is 0 Å². The molecule has 70 valence electrons. The average Bonchev–Trinajstić information content (AvgIpc) is 2.27. The summed E-state index contributed by atoms with van der Waals surface area (Å²) < 4.78 is 0. The molecule has 1 heterocycles. The molecule has 14 heavy (non-hydrogen) atoms. The lowest BCUT2D eigenvalue weighted by atomic mass is 10.1. The van der Waals surface area contributed by atoms with Gasteiger partial charge in [-0.1, -0.05) is 6.07 Å². The molecule has 1 aromatic heterocycles. The zero-order valence-electron chi connectivity index (χ0n) is 7.12. The first kappa shape index (κ1) is 10.1. The van der Waals surface area contributed by atoms with Crippen molar-refractivity contribution in [1.29, 1.82) is 10.5 Å². The van der Waals surface area contributed by atoms with Gasteiger partial charge >= 0.3 is 0 Å². The third kappa shape index (κ3) is 2.05. The van der Waals surface area contributed by atoms with Gasteiger partial charge in [-0.25, -0.2) is 4.98 Å². The van der Waals surface area contributed by atoms with E-state index in [-0.39, 0.29) is 11.4 Å². The minimum absolute atomic E-state index is 0.109. The molecule has 1 aromatic rings. The first-order valence-electron chi connectivity index (χ1n) is 3.82. The zero-order valence-corrected chi connectivity index (χ0v) is 7.12. The Bertz CT molecular complexity index is 405. The first-order chi connectivity index (χ1) is 6.69. The number of rotatable bonds is 2. The second-order valence-electron chi connectivity index (χ2n) is 2.58. The van der Waals surface area contributed by atoms with Gasteiger partial charge in [-0.15, -0.1) is 0 Å². The molecule has 0 saturated heterocycles. The van der Waals surface area contributed by atoms with Crippen molar-refractivity contribution < 1.29 is 10.2 Å². The van der Waals surface area contributed by atoms with E-state index in [1.54, 1.807) is 6.07 Å². The molecule has 1 rings (SSSR count). The Morgan fingerprint density at radius 2 is 2.00 bits per heavy atom. The minimum atomic E-state index is -1.53. The van der Waals surface area contributed by atoms with Crippen LogP contribution < -0.4 is 0 Å². The quantitative estimate of drug-likeness (QED) is 0.631. The van der Waals surface area contributed by atoms with Crippen LogP contribution in [0.1, 0.15) is 17.5 Å². The Morgan fingerprint density at radius 3 is 2.57 bits per heavy atom. The van der Waals surface area contributed by atoms with Gasteiger partial charge in [0.05, 0.1) is 11.8 Å². The van der Waals surface area contributed by atoms with Crippen LogP contribution in [0.3, 0.4) is 0 Å². The summed E-state index contributed by atoms with van der Waals surface area (Å²) in [6, 6.07) is 7.70. The third-order valence-electron chi connectivity index (χ3n) is 1.62. The molecule has 0 aromatic carbocycles. The molecule has 0 radical (unpaired) electrons. The van der Waals surface area contributed by atoms with Crippen LogP contribution in [0.25, 0.3) is 0 Å². The van der Waals surface area contributed by atoms with Gasteiger partial charge in [0.25, 0.3) is 0 Å². The molecule has 5 nitrogen and oxygen atoms in total. The van der Waals surface area contributed by atoms with Crippen LogP contribution in [-0.4, -0.2) is 21.3 Å². The standard InChI is InChI=1S/C9H7N3O2/c10-4-6-2-1-3-7(12-6)9(14)8(13)5-11/h1-3,8-9,13-14H. The lowest BCUT2D eigenvalue weighted by Gasteiger charge is -2.10. The Kier molecular flexibility index (Phi) is 3.14. The predicted octanol–water partition coefficient (Wildman–Crippen LogP) is -0.129. The fraction of sp³-hybridized carbons (Fsp3) is 0.222. The van der Waals surface area contributed by atoms with E-state index in [0.29, 0.717) is 0 Å². The molecule has 2 N–H and O–H groups in total. The van der Waals surface area contributed by atoms with Gasteiger partial charge in [0.1, 0.15) is 17.9 Å². The van der Waals surface area contributed by atoms with E-state index in [1.807, 2.05) is 0 Å². The number of nitriles is 2. The fourth-order valence-electron chi connectivity index (χ4n) is 0.911. The largest absolute Gasteiger partial charge is 0.383 e. The lowest BCUT2D eigenvalue weighted by Crippen LogP contribution is -2.17. The first-order valence-corrected chi connectivity index (χ1v) is 3.82. The fourth-order valence-corrected chi connectivity index (χ4v) is 0.911. The summed E-state index contributed by atoms with van der Waals surface area (Å²) in [5, 5.41) is 35.2. The normalized spacial score (nSPS) is 13.7. The Morgan fingerprint density at radius 1 is 1.29 bits per heavy atom. The second kappa shape index (κ2) is 4.33. The van der Waals surface area contributed by atoms with Crippen LogP contribution in [0, 0.1) is 22.7 Å². The number of hydrogen-bond acceptors (Lipinski definition) is 5. The highest BCUT2D eigenvalue weighted by atomic mass is 16.3. The molecule has 0 aliphatic carbocycles. The summed E-state index contributed by atoms with van der Waals surface area (Å²) in [7, 11) is 0. The summed E-state index contributed by atoms with van der Waals surface area (Å²) in [6.07, 6.45) is -2.91. The van der Waals surface area contributed by atoms with Crippen LogP contribution in [0.4, 0.5) is 0 Å². The van der Waals surface area contributed by atoms with Crippen molar-refractivity contribution in [2.45, 2.75) is 12.2 Å². The lowest BCUT2D eigenvalue weighted by molar-refractivity contribution is 0.0498. The summed E-state index contributed by atoms with van der Waals surface area (Å²) in [5.41, 5.74) is 0.241. The number of aliphatic hydroxyl groups excluding tert-OH is 2. The molecule has 0 fully saturated rings. The molecule has 0 spiro atoms. The van der Waals surface area contributed by atoms with Gasteiger partial charge in [-0.2, -0.15) is 10.5 Å². The SMILES string of the molecule is N#Cc1cccc(C(O)C(O)C#N)n1. The summed E-state index contributed by atoms with van der Waals surface area (Å²) in [5.74, 6) is 0. The molecule has 0 amide bonds. The Labute approximate surface area is 80.5 Å². The predicted molar refractivity (Wildman–Crippen MR) is 45.5 cm³/mol. The second-order valence-corrected chi connectivity index (χ2v) is 2.58. The summed E-state index contributed by atoms with van der Waals surface area (Å²) >= 11 is 0. The summed E-state index contributed by atoms with van der Waals surface area (Å²) in [6.45, 7) is 0. The van der Waals surface area contributed by atoms with Crippen LogP contribution in [0.15, 0.2) is 18.2 Å². The maximum Gasteiger partial charge on any atom is 0.171 e. The topological polar surface area (TPSA) is 101 Å². The van der Waals surface area contributed by atoms with Crippen molar-refractivity contribution >= 4 is 0 Å². The van der Waals surface area contributed by atoms with Crippen LogP contribution in [-0.2, 0) is 0 Å². The minimum Gasteiger partial charge on any atom is -0.383 e. The van der Waals surface area contributed by atoms with E-state index >= 15 is 0 Å². The van der Waals surface area contributed by atoms with Gasteiger partial charge in [0.15, 0.2) is 6.10 Å². The van der Waals surface area contributed by atoms with Crippen LogP contribution >= 0.6 is 0 Å². The molecular formula is C9H7N3O2. The van der Waals surface area contributed by atoms with Crippen molar-refractivity contribution in [3.05, 3.63) is 29.6 Å².